The SMILES string of the molecule is COC(CNC(=O)c1cc(F)c(Cl)cc1Cl)CC(=O)O. The van der Waals surface area contributed by atoms with Gasteiger partial charge in [0.25, 0.3) is 5.91 Å². The number of carbonyl (C=O) groups is 2. The summed E-state index contributed by atoms with van der Waals surface area (Å²) >= 11 is 11.3. The molecule has 1 unspecified atom stereocenters. The summed E-state index contributed by atoms with van der Waals surface area (Å²) in [4.78, 5) is 22.4. The second-order valence-electron chi connectivity index (χ2n) is 3.91. The lowest BCUT2D eigenvalue weighted by atomic mass is 10.2. The Morgan fingerprint density at radius 2 is 2.05 bits per heavy atom. The topological polar surface area (TPSA) is 75.6 Å². The van der Waals surface area contributed by atoms with Gasteiger partial charge in [-0.1, -0.05) is 23.2 Å². The van der Waals surface area contributed by atoms with E-state index in [1.54, 1.807) is 0 Å². The Labute approximate surface area is 124 Å². The van der Waals surface area contributed by atoms with Gasteiger partial charge in [0.15, 0.2) is 0 Å². The van der Waals surface area contributed by atoms with E-state index in [1.165, 1.54) is 7.11 Å². The van der Waals surface area contributed by atoms with Gasteiger partial charge in [-0.3, -0.25) is 9.59 Å². The molecule has 20 heavy (non-hydrogen) atoms. The Morgan fingerprint density at radius 1 is 1.40 bits per heavy atom. The number of methoxy groups -OCH3 is 1. The van der Waals surface area contributed by atoms with Gasteiger partial charge in [-0.15, -0.1) is 0 Å². The number of amides is 1. The Morgan fingerprint density at radius 3 is 2.60 bits per heavy atom. The van der Waals surface area contributed by atoms with E-state index in [1.807, 2.05) is 0 Å². The Hall–Kier alpha value is -1.37. The number of aliphatic carboxylic acids is 1. The molecule has 1 atom stereocenters. The van der Waals surface area contributed by atoms with Crippen molar-refractivity contribution in [3.05, 3.63) is 33.6 Å². The van der Waals surface area contributed by atoms with Crippen LogP contribution in [-0.4, -0.2) is 36.7 Å². The van der Waals surface area contributed by atoms with Crippen molar-refractivity contribution in [3.63, 3.8) is 0 Å². The van der Waals surface area contributed by atoms with E-state index in [0.717, 1.165) is 12.1 Å². The summed E-state index contributed by atoms with van der Waals surface area (Å²) in [7, 11) is 1.33. The predicted molar refractivity (Wildman–Crippen MR) is 71.8 cm³/mol. The molecule has 110 valence electrons. The van der Waals surface area contributed by atoms with E-state index in [-0.39, 0.29) is 28.6 Å². The van der Waals surface area contributed by atoms with Crippen LogP contribution in [0, 0.1) is 5.82 Å². The molecule has 0 radical (unpaired) electrons. The molecule has 0 saturated carbocycles. The first-order valence-corrected chi connectivity index (χ1v) is 6.28. The van der Waals surface area contributed by atoms with Gasteiger partial charge in [0.05, 0.1) is 28.1 Å². The Balaban J connectivity index is 2.72. The van der Waals surface area contributed by atoms with Crippen LogP contribution in [0.1, 0.15) is 16.8 Å². The first kappa shape index (κ1) is 16.7. The Kier molecular flexibility index (Phi) is 6.19. The molecule has 0 heterocycles. The predicted octanol–water partition coefficient (Wildman–Crippen LogP) is 2.35. The fourth-order valence-corrected chi connectivity index (χ4v) is 1.90. The molecule has 2 N–H and O–H groups in total. The average molecular weight is 324 g/mol. The molecule has 1 aromatic rings. The van der Waals surface area contributed by atoms with Crippen molar-refractivity contribution in [2.75, 3.05) is 13.7 Å². The number of carbonyl (C=O) groups excluding carboxylic acids is 1. The van der Waals surface area contributed by atoms with Gasteiger partial charge in [0, 0.05) is 13.7 Å². The first-order chi connectivity index (χ1) is 9.35. The standard InChI is InChI=1S/C12H12Cl2FNO4/c1-20-6(2-11(17)18)5-16-12(19)7-3-10(15)9(14)4-8(7)13/h3-4,6H,2,5H2,1H3,(H,16,19)(H,17,18). The number of nitrogens with one attached hydrogen (secondary N) is 1. The van der Waals surface area contributed by atoms with E-state index < -0.39 is 23.8 Å². The van der Waals surface area contributed by atoms with Crippen LogP contribution in [0.2, 0.25) is 10.0 Å². The fourth-order valence-electron chi connectivity index (χ4n) is 1.43. The quantitative estimate of drug-likeness (QED) is 0.788. The monoisotopic (exact) mass is 323 g/mol. The number of benzene rings is 1. The number of halogens is 3. The molecule has 1 rings (SSSR count). The van der Waals surface area contributed by atoms with E-state index >= 15 is 0 Å². The van der Waals surface area contributed by atoms with E-state index in [2.05, 4.69) is 5.32 Å². The molecule has 0 bridgehead atoms. The fraction of sp³-hybridized carbons (Fsp3) is 0.333. The lowest BCUT2D eigenvalue weighted by Gasteiger charge is -2.14. The summed E-state index contributed by atoms with van der Waals surface area (Å²) in [5.74, 6) is -2.46. The number of rotatable bonds is 6. The summed E-state index contributed by atoms with van der Waals surface area (Å²) in [6, 6.07) is 2.04. The minimum absolute atomic E-state index is 0.00102. The molecule has 0 aromatic heterocycles. The number of ether oxygens (including phenoxy) is 1. The normalized spacial score (nSPS) is 12.0. The summed E-state index contributed by atoms with van der Waals surface area (Å²) in [5.41, 5.74) is -0.0845. The third-order valence-corrected chi connectivity index (χ3v) is 3.08. The third kappa shape index (κ3) is 4.63. The van der Waals surface area contributed by atoms with Gasteiger partial charge < -0.3 is 15.2 Å². The summed E-state index contributed by atoms with van der Waals surface area (Å²) in [5, 5.41) is 10.9. The molecule has 0 aliphatic rings. The van der Waals surface area contributed by atoms with Crippen molar-refractivity contribution >= 4 is 35.1 Å². The van der Waals surface area contributed by atoms with Crippen molar-refractivity contribution in [3.8, 4) is 0 Å². The molecule has 5 nitrogen and oxygen atoms in total. The summed E-state index contributed by atoms with van der Waals surface area (Å²) < 4.78 is 18.2. The lowest BCUT2D eigenvalue weighted by molar-refractivity contribution is -0.139. The van der Waals surface area contributed by atoms with Crippen LogP contribution in [0.5, 0.6) is 0 Å². The number of carboxylic acids is 1. The first-order valence-electron chi connectivity index (χ1n) is 5.52. The van der Waals surface area contributed by atoms with E-state index in [0.29, 0.717) is 0 Å². The zero-order chi connectivity index (χ0) is 15.3. The number of hydrogen-bond acceptors (Lipinski definition) is 3. The largest absolute Gasteiger partial charge is 0.481 e. The highest BCUT2D eigenvalue weighted by molar-refractivity contribution is 6.36. The minimum Gasteiger partial charge on any atom is -0.481 e. The maximum Gasteiger partial charge on any atom is 0.306 e. The number of hydrogen-bond donors (Lipinski definition) is 2. The van der Waals surface area contributed by atoms with Crippen molar-refractivity contribution in [1.29, 1.82) is 0 Å². The van der Waals surface area contributed by atoms with Crippen LogP contribution in [0.3, 0.4) is 0 Å². The zero-order valence-electron chi connectivity index (χ0n) is 10.5. The maximum atomic E-state index is 13.3. The molecule has 0 fully saturated rings. The Bertz CT molecular complexity index is 524. The second-order valence-corrected chi connectivity index (χ2v) is 4.73. The van der Waals surface area contributed by atoms with Crippen molar-refractivity contribution in [2.24, 2.45) is 0 Å². The van der Waals surface area contributed by atoms with Crippen LogP contribution in [0.4, 0.5) is 4.39 Å². The highest BCUT2D eigenvalue weighted by Gasteiger charge is 2.17. The van der Waals surface area contributed by atoms with Crippen molar-refractivity contribution < 1.29 is 23.8 Å². The molecule has 0 saturated heterocycles. The van der Waals surface area contributed by atoms with Gasteiger partial charge in [0.1, 0.15) is 5.82 Å². The highest BCUT2D eigenvalue weighted by Crippen LogP contribution is 2.24. The second kappa shape index (κ2) is 7.42. The van der Waals surface area contributed by atoms with Crippen LogP contribution < -0.4 is 5.32 Å². The van der Waals surface area contributed by atoms with Crippen LogP contribution >= 0.6 is 23.2 Å². The zero-order valence-corrected chi connectivity index (χ0v) is 12.0. The molecular weight excluding hydrogens is 312 g/mol. The third-order valence-electron chi connectivity index (χ3n) is 2.48. The molecule has 0 aliphatic carbocycles. The van der Waals surface area contributed by atoms with Crippen molar-refractivity contribution in [1.82, 2.24) is 5.32 Å². The van der Waals surface area contributed by atoms with Gasteiger partial charge in [0.2, 0.25) is 0 Å². The van der Waals surface area contributed by atoms with Gasteiger partial charge >= 0.3 is 5.97 Å². The van der Waals surface area contributed by atoms with Gasteiger partial charge in [-0.25, -0.2) is 4.39 Å². The molecule has 1 amide bonds. The van der Waals surface area contributed by atoms with Gasteiger partial charge in [-0.2, -0.15) is 0 Å². The van der Waals surface area contributed by atoms with Crippen LogP contribution in [-0.2, 0) is 9.53 Å². The molecule has 8 heteroatoms. The van der Waals surface area contributed by atoms with Crippen LogP contribution in [0.15, 0.2) is 12.1 Å². The van der Waals surface area contributed by atoms with Gasteiger partial charge in [-0.05, 0) is 12.1 Å². The lowest BCUT2D eigenvalue weighted by Crippen LogP contribution is -2.34. The summed E-state index contributed by atoms with van der Waals surface area (Å²) in [6.45, 7) is -0.0395. The smallest absolute Gasteiger partial charge is 0.306 e. The van der Waals surface area contributed by atoms with Crippen LogP contribution in [0.25, 0.3) is 0 Å². The minimum atomic E-state index is -1.05. The summed E-state index contributed by atoms with van der Waals surface area (Å²) in [6.07, 6.45) is -0.952. The molecular formula is C12H12Cl2FNO4. The average Bonchev–Trinajstić information content (AvgIpc) is 2.37. The maximum absolute atomic E-state index is 13.3. The number of carboxylic acid groups (broad SMARTS) is 1. The molecule has 0 aliphatic heterocycles. The van der Waals surface area contributed by atoms with E-state index in [4.69, 9.17) is 33.0 Å². The van der Waals surface area contributed by atoms with Crippen molar-refractivity contribution in [2.45, 2.75) is 12.5 Å². The molecule has 1 aromatic carbocycles. The molecule has 0 spiro atoms. The highest BCUT2D eigenvalue weighted by atomic mass is 35.5. The van der Waals surface area contributed by atoms with E-state index in [9.17, 15) is 14.0 Å².